The summed E-state index contributed by atoms with van der Waals surface area (Å²) >= 11 is 0. The fraction of sp³-hybridized carbons (Fsp3) is 0.400. The van der Waals surface area contributed by atoms with E-state index in [1.54, 1.807) is 7.11 Å². The molecule has 0 saturated carbocycles. The first-order chi connectivity index (χ1) is 5.83. The molecule has 0 aliphatic rings. The van der Waals surface area contributed by atoms with Gasteiger partial charge in [0.1, 0.15) is 0 Å². The Kier molecular flexibility index (Phi) is 6.11. The number of hydrogen-bond donors (Lipinski definition) is 1. The lowest BCUT2D eigenvalue weighted by Crippen LogP contribution is -1.94. The second kappa shape index (κ2) is 6.68. The fourth-order valence-corrected chi connectivity index (χ4v) is 0.826. The number of benzene rings is 1. The molecule has 0 unspecified atom stereocenters. The molecule has 0 aliphatic carbocycles. The Balaban J connectivity index is 0. The molecule has 0 heterocycles. The zero-order valence-electron chi connectivity index (χ0n) is 8.22. The molecule has 1 rings (SSSR count). The number of nitrogens with one attached hydrogen (secondary N) is 1. The molecule has 70 valence electrons. The minimum Gasteiger partial charge on any atom is -0.279 e. The number of rotatable bonds is 2. The van der Waals surface area contributed by atoms with Crippen LogP contribution in [0.4, 0.5) is 5.69 Å². The highest BCUT2D eigenvalue weighted by Crippen LogP contribution is 2.08. The summed E-state index contributed by atoms with van der Waals surface area (Å²) in [6.07, 6.45) is 0. The zero-order valence-corrected chi connectivity index (χ0v) is 8.22. The lowest BCUT2D eigenvalue weighted by atomic mass is 10.2. The molecular formula is C10H19NO. The van der Waals surface area contributed by atoms with Gasteiger partial charge in [0.15, 0.2) is 0 Å². The monoisotopic (exact) mass is 169 g/mol. The van der Waals surface area contributed by atoms with Gasteiger partial charge in [0, 0.05) is 1.43 Å². The average Bonchev–Trinajstić information content (AvgIpc) is 2.09. The van der Waals surface area contributed by atoms with Crippen LogP contribution in [0.3, 0.4) is 0 Å². The van der Waals surface area contributed by atoms with Crippen molar-refractivity contribution in [3.63, 3.8) is 0 Å². The zero-order chi connectivity index (χ0) is 9.40. The van der Waals surface area contributed by atoms with Crippen LogP contribution in [0.15, 0.2) is 24.3 Å². The highest BCUT2D eigenvalue weighted by atomic mass is 16.6. The second-order valence-electron chi connectivity index (χ2n) is 2.18. The molecule has 0 aliphatic heterocycles. The van der Waals surface area contributed by atoms with Crippen molar-refractivity contribution in [3.8, 4) is 0 Å². The molecule has 0 atom stereocenters. The molecule has 1 N–H and O–H groups in total. The minimum atomic E-state index is 0. The van der Waals surface area contributed by atoms with Crippen molar-refractivity contribution in [1.82, 2.24) is 0 Å². The first kappa shape index (κ1) is 11.0. The summed E-state index contributed by atoms with van der Waals surface area (Å²) < 4.78 is 0. The van der Waals surface area contributed by atoms with E-state index < -0.39 is 0 Å². The normalized spacial score (nSPS) is 8.33. The molecule has 1 aromatic carbocycles. The predicted molar refractivity (Wildman–Crippen MR) is 55.3 cm³/mol. The first-order valence-electron chi connectivity index (χ1n) is 4.18. The van der Waals surface area contributed by atoms with Gasteiger partial charge >= 0.3 is 0 Å². The van der Waals surface area contributed by atoms with Crippen molar-refractivity contribution >= 4 is 5.69 Å². The summed E-state index contributed by atoms with van der Waals surface area (Å²) in [6.45, 7) is 6.04. The summed E-state index contributed by atoms with van der Waals surface area (Å²) in [4.78, 5) is 4.73. The molecule has 0 saturated heterocycles. The van der Waals surface area contributed by atoms with E-state index in [2.05, 4.69) is 5.48 Å². The number of anilines is 1. The Bertz CT molecular complexity index is 216. The molecular weight excluding hydrogens is 150 g/mol. The van der Waals surface area contributed by atoms with E-state index in [4.69, 9.17) is 4.84 Å². The van der Waals surface area contributed by atoms with E-state index in [1.165, 1.54) is 5.56 Å². The van der Waals surface area contributed by atoms with Gasteiger partial charge in [0.25, 0.3) is 0 Å². The van der Waals surface area contributed by atoms with E-state index in [9.17, 15) is 0 Å². The molecule has 0 aromatic heterocycles. The topological polar surface area (TPSA) is 21.3 Å². The highest BCUT2D eigenvalue weighted by Gasteiger charge is 1.87. The fourth-order valence-electron chi connectivity index (χ4n) is 0.826. The Morgan fingerprint density at radius 2 is 2.00 bits per heavy atom. The Labute approximate surface area is 76.0 Å². The van der Waals surface area contributed by atoms with Crippen LogP contribution in [0.25, 0.3) is 0 Å². The van der Waals surface area contributed by atoms with Crippen molar-refractivity contribution in [2.45, 2.75) is 20.8 Å². The summed E-state index contributed by atoms with van der Waals surface area (Å²) in [5.74, 6) is 0. The third-order valence-corrected chi connectivity index (χ3v) is 1.24. The van der Waals surface area contributed by atoms with Crippen LogP contribution in [0, 0.1) is 6.92 Å². The van der Waals surface area contributed by atoms with Gasteiger partial charge in [-0.25, -0.2) is 0 Å². The minimum absolute atomic E-state index is 0. The van der Waals surface area contributed by atoms with Crippen molar-refractivity contribution in [2.75, 3.05) is 12.6 Å². The van der Waals surface area contributed by atoms with Crippen LogP contribution in [0.1, 0.15) is 20.8 Å². The summed E-state index contributed by atoms with van der Waals surface area (Å²) in [5.41, 5.74) is 4.96. The molecule has 0 radical (unpaired) electrons. The van der Waals surface area contributed by atoms with Gasteiger partial charge in [-0.1, -0.05) is 26.0 Å². The van der Waals surface area contributed by atoms with Crippen molar-refractivity contribution in [3.05, 3.63) is 29.8 Å². The van der Waals surface area contributed by atoms with Gasteiger partial charge in [-0.3, -0.25) is 10.3 Å². The van der Waals surface area contributed by atoms with E-state index in [1.807, 2.05) is 45.0 Å². The predicted octanol–water partition coefficient (Wildman–Crippen LogP) is 3.24. The van der Waals surface area contributed by atoms with E-state index in [0.29, 0.717) is 0 Å². The van der Waals surface area contributed by atoms with Gasteiger partial charge in [0.2, 0.25) is 0 Å². The molecule has 2 nitrogen and oxygen atoms in total. The number of aryl methyl sites for hydroxylation is 1. The largest absolute Gasteiger partial charge is 0.279 e. The molecule has 0 fully saturated rings. The lowest BCUT2D eigenvalue weighted by molar-refractivity contribution is 0.271. The van der Waals surface area contributed by atoms with E-state index >= 15 is 0 Å². The van der Waals surface area contributed by atoms with Crippen LogP contribution < -0.4 is 5.48 Å². The maximum Gasteiger partial charge on any atom is 0.0636 e. The molecule has 1 aromatic rings. The molecule has 0 bridgehead atoms. The summed E-state index contributed by atoms with van der Waals surface area (Å²) in [6, 6.07) is 8.00. The van der Waals surface area contributed by atoms with Crippen LogP contribution in [0.2, 0.25) is 0 Å². The van der Waals surface area contributed by atoms with Gasteiger partial charge in [-0.15, -0.1) is 0 Å². The van der Waals surface area contributed by atoms with E-state index in [-0.39, 0.29) is 1.43 Å². The maximum atomic E-state index is 4.73. The van der Waals surface area contributed by atoms with Crippen molar-refractivity contribution in [1.29, 1.82) is 0 Å². The first-order valence-corrected chi connectivity index (χ1v) is 4.18. The third-order valence-electron chi connectivity index (χ3n) is 1.24. The molecule has 0 amide bonds. The van der Waals surface area contributed by atoms with Gasteiger partial charge in [-0.2, -0.15) is 0 Å². The van der Waals surface area contributed by atoms with Crippen molar-refractivity contribution in [2.24, 2.45) is 0 Å². The second-order valence-corrected chi connectivity index (χ2v) is 2.18. The molecule has 0 spiro atoms. The Morgan fingerprint density at radius 1 is 1.33 bits per heavy atom. The van der Waals surface area contributed by atoms with Gasteiger partial charge in [-0.05, 0) is 24.6 Å². The summed E-state index contributed by atoms with van der Waals surface area (Å²) in [5, 5.41) is 0. The van der Waals surface area contributed by atoms with Gasteiger partial charge < -0.3 is 0 Å². The molecule has 2 heteroatoms. The Hall–Kier alpha value is -1.02. The van der Waals surface area contributed by atoms with Crippen LogP contribution in [0.5, 0.6) is 0 Å². The highest BCUT2D eigenvalue weighted by molar-refractivity contribution is 5.43. The number of hydrogen-bond acceptors (Lipinski definition) is 2. The molecule has 12 heavy (non-hydrogen) atoms. The van der Waals surface area contributed by atoms with Crippen LogP contribution in [-0.4, -0.2) is 7.11 Å². The van der Waals surface area contributed by atoms with Gasteiger partial charge in [0.05, 0.1) is 12.8 Å². The third kappa shape index (κ3) is 3.98. The average molecular weight is 169 g/mol. The smallest absolute Gasteiger partial charge is 0.0636 e. The lowest BCUT2D eigenvalue weighted by Gasteiger charge is -2.01. The Morgan fingerprint density at radius 3 is 2.50 bits per heavy atom. The standard InChI is InChI=1S/C8H11NO.C2H6.H2/c1-7-4-3-5-8(6-7)9-10-2;1-2;/h3-6,9H,1-2H3;1-2H3;1H. The van der Waals surface area contributed by atoms with E-state index in [0.717, 1.165) is 5.69 Å². The van der Waals surface area contributed by atoms with Crippen molar-refractivity contribution < 1.29 is 6.26 Å². The quantitative estimate of drug-likeness (QED) is 0.686. The SMILES string of the molecule is CC.CONc1cccc(C)c1.[HH]. The summed E-state index contributed by atoms with van der Waals surface area (Å²) in [7, 11) is 1.60. The maximum absolute atomic E-state index is 4.73. The van der Waals surface area contributed by atoms with Crippen LogP contribution >= 0.6 is 0 Å². The van der Waals surface area contributed by atoms with Crippen LogP contribution in [-0.2, 0) is 4.84 Å².